The van der Waals surface area contributed by atoms with Gasteiger partial charge < -0.3 is 10.2 Å². The van der Waals surface area contributed by atoms with Gasteiger partial charge in [-0.15, -0.1) is 0 Å². The first-order valence-electron chi connectivity index (χ1n) is 7.67. The highest BCUT2D eigenvalue weighted by molar-refractivity contribution is 6.15. The second-order valence-corrected chi connectivity index (χ2v) is 6.06. The van der Waals surface area contributed by atoms with Crippen LogP contribution in [0.1, 0.15) is 22.8 Å². The van der Waals surface area contributed by atoms with Gasteiger partial charge in [-0.3, -0.25) is 10.1 Å². The molecular formula is C19H15NO4. The molecule has 3 aromatic rings. The van der Waals surface area contributed by atoms with E-state index >= 15 is 0 Å². The fraction of sp³-hybridized carbons (Fsp3) is 0.158. The van der Waals surface area contributed by atoms with Crippen molar-refractivity contribution in [2.45, 2.75) is 19.1 Å². The second-order valence-electron chi connectivity index (χ2n) is 6.06. The maximum atomic E-state index is 11.7. The fourth-order valence-electron chi connectivity index (χ4n) is 3.67. The Labute approximate surface area is 137 Å². The number of nitrogens with zero attached hydrogens (tertiary/aromatic N) is 1. The molecular weight excluding hydrogens is 306 g/mol. The summed E-state index contributed by atoms with van der Waals surface area (Å²) in [5.41, 5.74) is 1.97. The zero-order valence-corrected chi connectivity index (χ0v) is 12.9. The zero-order chi connectivity index (χ0) is 17.0. The van der Waals surface area contributed by atoms with Crippen molar-refractivity contribution in [3.05, 3.63) is 69.3 Å². The summed E-state index contributed by atoms with van der Waals surface area (Å²) in [6, 6.07) is 10.9. The Kier molecular flexibility index (Phi) is 3.16. The Balaban J connectivity index is 2.25. The van der Waals surface area contributed by atoms with Crippen LogP contribution in [0.25, 0.3) is 27.6 Å². The number of hydrogen-bond donors (Lipinski definition) is 2. The van der Waals surface area contributed by atoms with Crippen LogP contribution in [0.3, 0.4) is 0 Å². The standard InChI is InChI=1S/C19H15NO4/c1-10-17-12(6-7-15-13(17)8-9-16(21)19(15)22)11-4-2-3-5-14(11)18(10)20(23)24/h2-9,16,19,21-22H,1H3. The van der Waals surface area contributed by atoms with Gasteiger partial charge in [-0.05, 0) is 40.3 Å². The van der Waals surface area contributed by atoms with Crippen molar-refractivity contribution in [2.75, 3.05) is 0 Å². The normalized spacial score (nSPS) is 19.6. The third-order valence-electron chi connectivity index (χ3n) is 4.77. The molecule has 0 fully saturated rings. The van der Waals surface area contributed by atoms with E-state index in [4.69, 9.17) is 0 Å². The Morgan fingerprint density at radius 3 is 2.46 bits per heavy atom. The Hall–Kier alpha value is -2.76. The second kappa shape index (κ2) is 5.12. The Morgan fingerprint density at radius 2 is 1.75 bits per heavy atom. The van der Waals surface area contributed by atoms with Crippen LogP contribution in [-0.4, -0.2) is 21.2 Å². The Morgan fingerprint density at radius 1 is 1.04 bits per heavy atom. The van der Waals surface area contributed by atoms with E-state index < -0.39 is 12.2 Å². The lowest BCUT2D eigenvalue weighted by Gasteiger charge is -2.24. The number of nitro groups is 1. The molecule has 4 rings (SSSR count). The maximum Gasteiger partial charge on any atom is 0.280 e. The van der Waals surface area contributed by atoms with E-state index in [0.29, 0.717) is 16.5 Å². The highest BCUT2D eigenvalue weighted by Gasteiger charge is 2.27. The van der Waals surface area contributed by atoms with Crippen LogP contribution in [0.5, 0.6) is 0 Å². The van der Waals surface area contributed by atoms with E-state index in [9.17, 15) is 20.3 Å². The zero-order valence-electron chi connectivity index (χ0n) is 12.9. The monoisotopic (exact) mass is 321 g/mol. The van der Waals surface area contributed by atoms with Crippen LogP contribution in [0.4, 0.5) is 5.69 Å². The molecule has 0 radical (unpaired) electrons. The molecule has 0 bridgehead atoms. The van der Waals surface area contributed by atoms with E-state index in [-0.39, 0.29) is 10.6 Å². The summed E-state index contributed by atoms with van der Waals surface area (Å²) >= 11 is 0. The minimum absolute atomic E-state index is 0.0838. The predicted octanol–water partition coefficient (Wildman–Crippen LogP) is 3.63. The van der Waals surface area contributed by atoms with E-state index in [1.807, 2.05) is 18.2 Å². The molecule has 1 aliphatic carbocycles. The highest BCUT2D eigenvalue weighted by Crippen LogP contribution is 2.42. The van der Waals surface area contributed by atoms with Crippen molar-refractivity contribution in [3.8, 4) is 0 Å². The first-order chi connectivity index (χ1) is 11.5. The molecule has 3 aromatic carbocycles. The summed E-state index contributed by atoms with van der Waals surface area (Å²) in [4.78, 5) is 11.3. The van der Waals surface area contributed by atoms with Crippen LogP contribution in [0, 0.1) is 17.0 Å². The highest BCUT2D eigenvalue weighted by atomic mass is 16.6. The molecule has 2 N–H and O–H groups in total. The minimum atomic E-state index is -1.03. The number of benzene rings is 3. The van der Waals surface area contributed by atoms with Gasteiger partial charge >= 0.3 is 0 Å². The van der Waals surface area contributed by atoms with Crippen LogP contribution >= 0.6 is 0 Å². The molecule has 0 heterocycles. The van der Waals surface area contributed by atoms with Crippen molar-refractivity contribution in [3.63, 3.8) is 0 Å². The van der Waals surface area contributed by atoms with Gasteiger partial charge in [0.25, 0.3) is 5.69 Å². The summed E-state index contributed by atoms with van der Waals surface area (Å²) < 4.78 is 0. The first kappa shape index (κ1) is 14.8. The van der Waals surface area contributed by atoms with Gasteiger partial charge in [-0.1, -0.05) is 42.5 Å². The number of nitro benzene ring substituents is 1. The number of hydrogen-bond acceptors (Lipinski definition) is 4. The third kappa shape index (κ3) is 1.89. The van der Waals surface area contributed by atoms with Gasteiger partial charge in [-0.25, -0.2) is 0 Å². The molecule has 0 spiro atoms. The molecule has 120 valence electrons. The summed E-state index contributed by atoms with van der Waals surface area (Å²) in [7, 11) is 0. The third-order valence-corrected chi connectivity index (χ3v) is 4.77. The molecule has 24 heavy (non-hydrogen) atoms. The quantitative estimate of drug-likeness (QED) is 0.407. The maximum absolute atomic E-state index is 11.7. The molecule has 0 amide bonds. The van der Waals surface area contributed by atoms with Crippen LogP contribution in [-0.2, 0) is 0 Å². The molecule has 2 unspecified atom stereocenters. The average molecular weight is 321 g/mol. The summed E-state index contributed by atoms with van der Waals surface area (Å²) in [5.74, 6) is 0. The van der Waals surface area contributed by atoms with Gasteiger partial charge in [0, 0.05) is 5.56 Å². The lowest BCUT2D eigenvalue weighted by molar-refractivity contribution is -0.383. The number of aliphatic hydroxyl groups excluding tert-OH is 2. The summed E-state index contributed by atoms with van der Waals surface area (Å²) in [5, 5.41) is 34.8. The van der Waals surface area contributed by atoms with Gasteiger partial charge in [0.05, 0.1) is 10.3 Å². The Bertz CT molecular complexity index is 1040. The lowest BCUT2D eigenvalue weighted by Crippen LogP contribution is -2.19. The smallest absolute Gasteiger partial charge is 0.280 e. The predicted molar refractivity (Wildman–Crippen MR) is 92.8 cm³/mol. The molecule has 1 aliphatic rings. The van der Waals surface area contributed by atoms with Crippen LogP contribution in [0.15, 0.2) is 42.5 Å². The molecule has 2 atom stereocenters. The van der Waals surface area contributed by atoms with Gasteiger partial charge in [-0.2, -0.15) is 0 Å². The summed E-state index contributed by atoms with van der Waals surface area (Å²) in [6.45, 7) is 1.73. The molecule has 5 heteroatoms. The fourth-order valence-corrected chi connectivity index (χ4v) is 3.67. The van der Waals surface area contributed by atoms with Crippen molar-refractivity contribution in [1.29, 1.82) is 0 Å². The van der Waals surface area contributed by atoms with E-state index in [1.54, 1.807) is 31.2 Å². The molecule has 0 saturated heterocycles. The number of aliphatic hydroxyl groups is 2. The number of aryl methyl sites for hydroxylation is 1. The molecule has 0 saturated carbocycles. The van der Waals surface area contributed by atoms with E-state index in [1.165, 1.54) is 6.08 Å². The van der Waals surface area contributed by atoms with E-state index in [2.05, 4.69) is 0 Å². The van der Waals surface area contributed by atoms with Crippen molar-refractivity contribution >= 4 is 33.3 Å². The van der Waals surface area contributed by atoms with Crippen molar-refractivity contribution in [1.82, 2.24) is 0 Å². The van der Waals surface area contributed by atoms with Gasteiger partial charge in [0.15, 0.2) is 0 Å². The average Bonchev–Trinajstić information content (AvgIpc) is 2.57. The van der Waals surface area contributed by atoms with Crippen LogP contribution < -0.4 is 0 Å². The van der Waals surface area contributed by atoms with Crippen molar-refractivity contribution < 1.29 is 15.1 Å². The van der Waals surface area contributed by atoms with E-state index in [0.717, 1.165) is 21.7 Å². The van der Waals surface area contributed by atoms with Gasteiger partial charge in [0.2, 0.25) is 0 Å². The largest absolute Gasteiger partial charge is 0.386 e. The summed E-state index contributed by atoms with van der Waals surface area (Å²) in [6.07, 6.45) is 1.26. The molecule has 5 nitrogen and oxygen atoms in total. The topological polar surface area (TPSA) is 83.6 Å². The molecule has 0 aromatic heterocycles. The minimum Gasteiger partial charge on any atom is -0.386 e. The lowest BCUT2D eigenvalue weighted by atomic mass is 9.85. The first-order valence-corrected chi connectivity index (χ1v) is 7.67. The number of rotatable bonds is 1. The SMILES string of the molecule is Cc1c([N+](=O)[O-])c2ccccc2c2ccc3c(c12)C=CC(O)C3O. The van der Waals surface area contributed by atoms with Crippen LogP contribution in [0.2, 0.25) is 0 Å². The van der Waals surface area contributed by atoms with Crippen molar-refractivity contribution in [2.24, 2.45) is 0 Å². The number of fused-ring (bicyclic) bond motifs is 5. The molecule has 0 aliphatic heterocycles. The van der Waals surface area contributed by atoms with Gasteiger partial charge in [0.1, 0.15) is 12.2 Å².